The highest BCUT2D eigenvalue weighted by Crippen LogP contribution is 2.25. The first-order valence-electron chi connectivity index (χ1n) is 6.74. The molecule has 110 valence electrons. The van der Waals surface area contributed by atoms with Crippen molar-refractivity contribution in [1.82, 2.24) is 4.98 Å². The molecule has 0 saturated heterocycles. The first-order valence-corrected chi connectivity index (χ1v) is 6.74. The molecular formula is C16H23IN2O. The van der Waals surface area contributed by atoms with Crippen LogP contribution in [0.25, 0.3) is 10.8 Å². The molecule has 0 amide bonds. The molecule has 1 heterocycles. The van der Waals surface area contributed by atoms with Gasteiger partial charge < -0.3 is 33.4 Å². The minimum absolute atomic E-state index is 0. The summed E-state index contributed by atoms with van der Waals surface area (Å²) in [7, 11) is 6.51. The van der Waals surface area contributed by atoms with Gasteiger partial charge in [-0.1, -0.05) is 32.0 Å². The number of hydrogen-bond acceptors (Lipinski definition) is 1. The van der Waals surface area contributed by atoms with Crippen molar-refractivity contribution in [1.29, 1.82) is 0 Å². The van der Waals surface area contributed by atoms with Gasteiger partial charge in [0.25, 0.3) is 5.56 Å². The predicted molar refractivity (Wildman–Crippen MR) is 80.4 cm³/mol. The number of fused-ring (bicyclic) bond motifs is 1. The molecule has 1 aromatic heterocycles. The summed E-state index contributed by atoms with van der Waals surface area (Å²) in [6.45, 7) is 5.16. The van der Waals surface area contributed by atoms with Crippen LogP contribution < -0.4 is 29.5 Å². The van der Waals surface area contributed by atoms with Crippen molar-refractivity contribution in [2.45, 2.75) is 26.3 Å². The van der Waals surface area contributed by atoms with E-state index in [9.17, 15) is 4.79 Å². The smallest absolute Gasteiger partial charge is 0.256 e. The van der Waals surface area contributed by atoms with Crippen molar-refractivity contribution in [2.75, 3.05) is 21.1 Å². The van der Waals surface area contributed by atoms with Crippen molar-refractivity contribution >= 4 is 10.8 Å². The zero-order valence-corrected chi connectivity index (χ0v) is 15.0. The van der Waals surface area contributed by atoms with E-state index in [1.54, 1.807) is 0 Å². The van der Waals surface area contributed by atoms with Gasteiger partial charge in [0, 0.05) is 16.6 Å². The number of hydrogen-bond donors (Lipinski definition) is 1. The Bertz CT molecular complexity index is 654. The normalized spacial score (nSPS) is 11.7. The second kappa shape index (κ2) is 6.26. The third kappa shape index (κ3) is 3.61. The van der Waals surface area contributed by atoms with Crippen molar-refractivity contribution < 1.29 is 28.5 Å². The molecule has 4 heteroatoms. The van der Waals surface area contributed by atoms with E-state index in [1.165, 1.54) is 5.56 Å². The highest BCUT2D eigenvalue weighted by molar-refractivity contribution is 5.85. The molecule has 0 bridgehead atoms. The lowest BCUT2D eigenvalue weighted by Crippen LogP contribution is -3.00. The van der Waals surface area contributed by atoms with E-state index in [0.29, 0.717) is 5.92 Å². The third-order valence-electron chi connectivity index (χ3n) is 3.28. The van der Waals surface area contributed by atoms with Crippen molar-refractivity contribution in [3.05, 3.63) is 45.9 Å². The maximum atomic E-state index is 12.2. The van der Waals surface area contributed by atoms with Crippen LogP contribution >= 0.6 is 0 Å². The van der Waals surface area contributed by atoms with Gasteiger partial charge in [0.2, 0.25) is 0 Å². The Hall–Kier alpha value is -0.880. The summed E-state index contributed by atoms with van der Waals surface area (Å²) in [5, 5.41) is 1.87. The molecule has 0 saturated carbocycles. The molecule has 0 aliphatic carbocycles. The van der Waals surface area contributed by atoms with Crippen molar-refractivity contribution in [3.8, 4) is 0 Å². The lowest BCUT2D eigenvalue weighted by atomic mass is 9.97. The van der Waals surface area contributed by atoms with Gasteiger partial charge in [-0.15, -0.1) is 0 Å². The van der Waals surface area contributed by atoms with E-state index in [-0.39, 0.29) is 29.5 Å². The number of H-pyrrole nitrogens is 1. The Morgan fingerprint density at radius 2 is 1.65 bits per heavy atom. The summed E-state index contributed by atoms with van der Waals surface area (Å²) in [5.74, 6) is 0.318. The summed E-state index contributed by atoms with van der Waals surface area (Å²) in [5.41, 5.74) is 2.35. The molecule has 0 aliphatic heterocycles. The summed E-state index contributed by atoms with van der Waals surface area (Å²) in [6.07, 6.45) is 0. The molecule has 0 fully saturated rings. The Balaban J connectivity index is 0.00000200. The highest BCUT2D eigenvalue weighted by Gasteiger charge is 2.19. The van der Waals surface area contributed by atoms with Crippen LogP contribution in [-0.2, 0) is 6.54 Å². The van der Waals surface area contributed by atoms with Gasteiger partial charge in [-0.3, -0.25) is 4.79 Å². The Morgan fingerprint density at radius 3 is 2.15 bits per heavy atom. The van der Waals surface area contributed by atoms with Gasteiger partial charge in [-0.05, 0) is 17.4 Å². The maximum Gasteiger partial charge on any atom is 0.256 e. The number of rotatable bonds is 3. The standard InChI is InChI=1S/C16H22N2O.HI/c1-11(2)15-14(10-18(3,4)5)12-8-6-7-9-13(12)16(19)17-15;/h6-9,11H,10H2,1-5H3;1H. The molecule has 20 heavy (non-hydrogen) atoms. The topological polar surface area (TPSA) is 32.9 Å². The molecule has 0 radical (unpaired) electrons. The van der Waals surface area contributed by atoms with E-state index in [1.807, 2.05) is 18.2 Å². The van der Waals surface area contributed by atoms with Gasteiger partial charge in [0.1, 0.15) is 6.54 Å². The van der Waals surface area contributed by atoms with Gasteiger partial charge in [-0.25, -0.2) is 0 Å². The van der Waals surface area contributed by atoms with Gasteiger partial charge in [0.05, 0.1) is 21.1 Å². The average Bonchev–Trinajstić information content (AvgIpc) is 2.31. The van der Waals surface area contributed by atoms with Crippen LogP contribution in [0.15, 0.2) is 29.1 Å². The number of quaternary nitrogens is 1. The van der Waals surface area contributed by atoms with Crippen LogP contribution in [-0.4, -0.2) is 30.6 Å². The number of aromatic nitrogens is 1. The van der Waals surface area contributed by atoms with E-state index in [0.717, 1.165) is 27.5 Å². The molecule has 0 spiro atoms. The first kappa shape index (κ1) is 17.2. The Kier molecular flexibility index (Phi) is 5.38. The lowest BCUT2D eigenvalue weighted by Gasteiger charge is -2.26. The van der Waals surface area contributed by atoms with Gasteiger partial charge >= 0.3 is 0 Å². The molecule has 3 nitrogen and oxygen atoms in total. The van der Waals surface area contributed by atoms with Crippen LogP contribution in [0.4, 0.5) is 0 Å². The number of nitrogens with zero attached hydrogens (tertiary/aromatic N) is 1. The van der Waals surface area contributed by atoms with Gasteiger partial charge in [-0.2, -0.15) is 0 Å². The molecule has 1 N–H and O–H groups in total. The fourth-order valence-corrected chi connectivity index (χ4v) is 2.49. The first-order chi connectivity index (χ1) is 8.79. The predicted octanol–water partition coefficient (Wildman–Crippen LogP) is -0.138. The second-order valence-corrected chi connectivity index (χ2v) is 6.50. The second-order valence-electron chi connectivity index (χ2n) is 6.50. The summed E-state index contributed by atoms with van der Waals surface area (Å²) >= 11 is 0. The monoisotopic (exact) mass is 386 g/mol. The van der Waals surface area contributed by atoms with E-state index < -0.39 is 0 Å². The molecule has 0 aliphatic rings. The van der Waals surface area contributed by atoms with Crippen LogP contribution in [0.5, 0.6) is 0 Å². The van der Waals surface area contributed by atoms with Crippen LogP contribution in [0.3, 0.4) is 0 Å². The van der Waals surface area contributed by atoms with Gasteiger partial charge in [0.15, 0.2) is 0 Å². The number of halogens is 1. The maximum absolute atomic E-state index is 12.2. The Morgan fingerprint density at radius 1 is 1.10 bits per heavy atom. The molecule has 1 aromatic carbocycles. The summed E-state index contributed by atoms with van der Waals surface area (Å²) in [6, 6.07) is 7.88. The summed E-state index contributed by atoms with van der Waals surface area (Å²) < 4.78 is 0.843. The SMILES string of the molecule is CC(C)c1[nH]c(=O)c2ccccc2c1C[N+](C)(C)C.[I-]. The minimum Gasteiger partial charge on any atom is -1.00 e. The average molecular weight is 386 g/mol. The molecule has 2 aromatic rings. The number of nitrogens with one attached hydrogen (secondary N) is 1. The molecule has 2 rings (SSSR count). The number of pyridine rings is 1. The zero-order chi connectivity index (χ0) is 14.2. The quantitative estimate of drug-likeness (QED) is 0.579. The minimum atomic E-state index is 0. The van der Waals surface area contributed by atoms with E-state index >= 15 is 0 Å². The molecular weight excluding hydrogens is 363 g/mol. The van der Waals surface area contributed by atoms with Crippen LogP contribution in [0.2, 0.25) is 0 Å². The number of benzene rings is 1. The third-order valence-corrected chi connectivity index (χ3v) is 3.28. The molecule has 0 atom stereocenters. The van der Waals surface area contributed by atoms with Crippen molar-refractivity contribution in [2.24, 2.45) is 0 Å². The van der Waals surface area contributed by atoms with E-state index in [4.69, 9.17) is 0 Å². The highest BCUT2D eigenvalue weighted by atomic mass is 127. The number of aromatic amines is 1. The van der Waals surface area contributed by atoms with Crippen LogP contribution in [0.1, 0.15) is 31.0 Å². The lowest BCUT2D eigenvalue weighted by molar-refractivity contribution is -0.883. The fourth-order valence-electron chi connectivity index (χ4n) is 2.49. The van der Waals surface area contributed by atoms with E-state index in [2.05, 4.69) is 46.0 Å². The Labute approximate surface area is 137 Å². The zero-order valence-electron chi connectivity index (χ0n) is 12.8. The van der Waals surface area contributed by atoms with Crippen LogP contribution in [0, 0.1) is 0 Å². The van der Waals surface area contributed by atoms with Crippen molar-refractivity contribution in [3.63, 3.8) is 0 Å². The summed E-state index contributed by atoms with van der Waals surface area (Å²) in [4.78, 5) is 15.2. The molecule has 0 unspecified atom stereocenters. The fraction of sp³-hybridized carbons (Fsp3) is 0.438. The largest absolute Gasteiger partial charge is 1.00 e.